The van der Waals surface area contributed by atoms with Crippen molar-refractivity contribution in [3.63, 3.8) is 0 Å². The van der Waals surface area contributed by atoms with Crippen molar-refractivity contribution in [2.75, 3.05) is 24.2 Å². The number of benzene rings is 2. The third kappa shape index (κ3) is 5.11. The maximum atomic E-state index is 12.3. The molecule has 1 aliphatic rings. The smallest absolute Gasteiger partial charge is 0.253 e. The fourth-order valence-corrected chi connectivity index (χ4v) is 4.35. The van der Waals surface area contributed by atoms with E-state index in [1.165, 1.54) is 0 Å². The maximum Gasteiger partial charge on any atom is 0.253 e. The lowest BCUT2D eigenvalue weighted by molar-refractivity contribution is -0.115. The lowest BCUT2D eigenvalue weighted by Crippen LogP contribution is -2.27. The third-order valence-corrected chi connectivity index (χ3v) is 6.26. The molecule has 136 valence electrons. The first kappa shape index (κ1) is 19.0. The summed E-state index contributed by atoms with van der Waals surface area (Å²) in [5.74, 6) is 0.758. The molecule has 0 atom stereocenters. The summed E-state index contributed by atoms with van der Waals surface area (Å²) in [6.45, 7) is 1.68. The summed E-state index contributed by atoms with van der Waals surface area (Å²) in [7, 11) is 0. The molecular weight excluding hydrogens is 412 g/mol. The van der Waals surface area contributed by atoms with Crippen LogP contribution in [0.4, 0.5) is 5.69 Å². The highest BCUT2D eigenvalue weighted by atomic mass is 79.9. The number of anilines is 1. The lowest BCUT2D eigenvalue weighted by Gasteiger charge is -2.15. The van der Waals surface area contributed by atoms with Crippen LogP contribution in [0.15, 0.2) is 57.9 Å². The van der Waals surface area contributed by atoms with Gasteiger partial charge in [0.05, 0.1) is 0 Å². The molecule has 0 spiro atoms. The number of nitrogens with zero attached hydrogens (tertiary/aromatic N) is 1. The Hall–Kier alpha value is -1.79. The number of nitrogens with one attached hydrogen (secondary N) is 1. The average Bonchev–Trinajstić information content (AvgIpc) is 3.18. The number of hydrogen-bond donors (Lipinski definition) is 1. The highest BCUT2D eigenvalue weighted by Gasteiger charge is 2.19. The molecule has 1 aliphatic heterocycles. The molecule has 0 radical (unpaired) electrons. The number of carbonyl (C=O) groups is 2. The lowest BCUT2D eigenvalue weighted by atomic mass is 10.2. The largest absolute Gasteiger partial charge is 0.339 e. The minimum absolute atomic E-state index is 0.0248. The van der Waals surface area contributed by atoms with Crippen molar-refractivity contribution in [3.8, 4) is 0 Å². The first-order valence-corrected chi connectivity index (χ1v) is 10.5. The third-order valence-electron chi connectivity index (χ3n) is 4.23. The van der Waals surface area contributed by atoms with Gasteiger partial charge in [-0.25, -0.2) is 0 Å². The molecule has 2 aromatic carbocycles. The van der Waals surface area contributed by atoms with Crippen molar-refractivity contribution in [3.05, 3.63) is 58.6 Å². The van der Waals surface area contributed by atoms with E-state index in [2.05, 4.69) is 21.2 Å². The Bertz CT molecular complexity index is 774. The summed E-state index contributed by atoms with van der Waals surface area (Å²) in [6, 6.07) is 15.1. The number of thioether (sulfide) groups is 1. The Balaban J connectivity index is 1.47. The molecule has 1 N–H and O–H groups in total. The standard InChI is InChI=1S/C20H21BrN2O2S/c21-17-5-1-2-6-18(17)26-14-11-19(24)22-16-9-7-15(8-10-16)20(25)23-12-3-4-13-23/h1-2,5-10H,3-4,11-14H2,(H,22,24). The number of rotatable bonds is 6. The molecular formula is C20H21BrN2O2S. The van der Waals surface area contributed by atoms with E-state index >= 15 is 0 Å². The van der Waals surface area contributed by atoms with Gasteiger partial charge in [-0.3, -0.25) is 9.59 Å². The summed E-state index contributed by atoms with van der Waals surface area (Å²) in [5.41, 5.74) is 1.40. The molecule has 0 saturated carbocycles. The normalized spacial score (nSPS) is 13.7. The Labute approximate surface area is 166 Å². The monoisotopic (exact) mass is 432 g/mol. The van der Waals surface area contributed by atoms with Gasteiger partial charge in [-0.05, 0) is 65.2 Å². The molecule has 1 heterocycles. The van der Waals surface area contributed by atoms with Crippen molar-refractivity contribution in [1.82, 2.24) is 4.90 Å². The van der Waals surface area contributed by atoms with Gasteiger partial charge < -0.3 is 10.2 Å². The molecule has 3 rings (SSSR count). The second-order valence-electron chi connectivity index (χ2n) is 6.15. The van der Waals surface area contributed by atoms with Crippen LogP contribution < -0.4 is 5.32 Å². The molecule has 4 nitrogen and oxygen atoms in total. The SMILES string of the molecule is O=C(CCSc1ccccc1Br)Nc1ccc(C(=O)N2CCCC2)cc1. The van der Waals surface area contributed by atoms with Crippen LogP contribution in [0.2, 0.25) is 0 Å². The van der Waals surface area contributed by atoms with Crippen LogP contribution in [-0.2, 0) is 4.79 Å². The topological polar surface area (TPSA) is 49.4 Å². The molecule has 0 bridgehead atoms. The van der Waals surface area contributed by atoms with Gasteiger partial charge >= 0.3 is 0 Å². The summed E-state index contributed by atoms with van der Waals surface area (Å²) in [4.78, 5) is 27.4. The molecule has 0 unspecified atom stereocenters. The van der Waals surface area contributed by atoms with Crippen molar-refractivity contribution in [1.29, 1.82) is 0 Å². The maximum absolute atomic E-state index is 12.3. The number of hydrogen-bond acceptors (Lipinski definition) is 3. The van der Waals surface area contributed by atoms with E-state index in [0.717, 1.165) is 41.0 Å². The van der Waals surface area contributed by atoms with Gasteiger partial charge in [-0.15, -0.1) is 11.8 Å². The first-order chi connectivity index (χ1) is 12.6. The van der Waals surface area contributed by atoms with Gasteiger partial charge in [-0.1, -0.05) is 12.1 Å². The highest BCUT2D eigenvalue weighted by molar-refractivity contribution is 9.10. The van der Waals surface area contributed by atoms with Crippen LogP contribution in [-0.4, -0.2) is 35.6 Å². The van der Waals surface area contributed by atoms with E-state index in [9.17, 15) is 9.59 Å². The van der Waals surface area contributed by atoms with Gasteiger partial charge in [0.1, 0.15) is 0 Å². The van der Waals surface area contributed by atoms with E-state index in [-0.39, 0.29) is 11.8 Å². The summed E-state index contributed by atoms with van der Waals surface area (Å²) in [6.07, 6.45) is 2.59. The van der Waals surface area contributed by atoms with Crippen LogP contribution in [0.1, 0.15) is 29.6 Å². The zero-order valence-corrected chi connectivity index (χ0v) is 16.8. The van der Waals surface area contributed by atoms with Crippen LogP contribution in [0, 0.1) is 0 Å². The Morgan fingerprint density at radius 2 is 1.73 bits per heavy atom. The first-order valence-electron chi connectivity index (χ1n) is 8.70. The molecule has 1 fully saturated rings. The zero-order chi connectivity index (χ0) is 18.4. The van der Waals surface area contributed by atoms with Crippen molar-refractivity contribution < 1.29 is 9.59 Å². The van der Waals surface area contributed by atoms with Crippen molar-refractivity contribution in [2.24, 2.45) is 0 Å². The molecule has 0 aliphatic carbocycles. The average molecular weight is 433 g/mol. The van der Waals surface area contributed by atoms with E-state index in [4.69, 9.17) is 0 Å². The second-order valence-corrected chi connectivity index (χ2v) is 8.14. The van der Waals surface area contributed by atoms with Crippen LogP contribution >= 0.6 is 27.7 Å². The van der Waals surface area contributed by atoms with Crippen LogP contribution in [0.3, 0.4) is 0 Å². The molecule has 26 heavy (non-hydrogen) atoms. The molecule has 2 aromatic rings. The number of amides is 2. The second kappa shape index (κ2) is 9.24. The van der Waals surface area contributed by atoms with Crippen molar-refractivity contribution >= 4 is 45.2 Å². The van der Waals surface area contributed by atoms with Gasteiger partial charge in [0.25, 0.3) is 5.91 Å². The zero-order valence-electron chi connectivity index (χ0n) is 14.4. The van der Waals surface area contributed by atoms with E-state index in [1.807, 2.05) is 29.2 Å². The van der Waals surface area contributed by atoms with Gasteiger partial charge in [-0.2, -0.15) is 0 Å². The number of likely N-dealkylation sites (tertiary alicyclic amines) is 1. The predicted octanol–water partition coefficient (Wildman–Crippen LogP) is 4.81. The van der Waals surface area contributed by atoms with Crippen LogP contribution in [0.25, 0.3) is 0 Å². The van der Waals surface area contributed by atoms with E-state index < -0.39 is 0 Å². The summed E-state index contributed by atoms with van der Waals surface area (Å²) in [5, 5.41) is 2.89. The molecule has 1 saturated heterocycles. The summed E-state index contributed by atoms with van der Waals surface area (Å²) < 4.78 is 1.05. The fraction of sp³-hybridized carbons (Fsp3) is 0.300. The minimum atomic E-state index is -0.0248. The number of carbonyl (C=O) groups excluding carboxylic acids is 2. The van der Waals surface area contributed by atoms with E-state index in [1.54, 1.807) is 36.0 Å². The minimum Gasteiger partial charge on any atom is -0.339 e. The molecule has 0 aromatic heterocycles. The van der Waals surface area contributed by atoms with E-state index in [0.29, 0.717) is 17.7 Å². The van der Waals surface area contributed by atoms with Gasteiger partial charge in [0.15, 0.2) is 0 Å². The Kier molecular flexibility index (Phi) is 6.74. The summed E-state index contributed by atoms with van der Waals surface area (Å²) >= 11 is 5.16. The predicted molar refractivity (Wildman–Crippen MR) is 110 cm³/mol. The van der Waals surface area contributed by atoms with Gasteiger partial charge in [0.2, 0.25) is 5.91 Å². The quantitative estimate of drug-likeness (QED) is 0.666. The Morgan fingerprint density at radius 1 is 1.04 bits per heavy atom. The molecule has 2 amide bonds. The van der Waals surface area contributed by atoms with Crippen molar-refractivity contribution in [2.45, 2.75) is 24.2 Å². The highest BCUT2D eigenvalue weighted by Crippen LogP contribution is 2.27. The fourth-order valence-electron chi connectivity index (χ4n) is 2.84. The molecule has 6 heteroatoms. The number of halogens is 1. The Morgan fingerprint density at radius 3 is 2.42 bits per heavy atom. The van der Waals surface area contributed by atoms with Crippen LogP contribution in [0.5, 0.6) is 0 Å². The van der Waals surface area contributed by atoms with Gasteiger partial charge in [0, 0.05) is 45.9 Å².